The number of pyridine rings is 1. The third-order valence-electron chi connectivity index (χ3n) is 3.67. The molecule has 4 nitrogen and oxygen atoms in total. The van der Waals surface area contributed by atoms with Crippen molar-refractivity contribution in [2.75, 3.05) is 49.5 Å². The third-order valence-corrected chi connectivity index (χ3v) is 4.23. The van der Waals surface area contributed by atoms with E-state index in [1.165, 1.54) is 13.0 Å². The van der Waals surface area contributed by atoms with Gasteiger partial charge < -0.3 is 10.2 Å². The number of aromatic nitrogens is 1. The van der Waals surface area contributed by atoms with E-state index in [0.717, 1.165) is 50.8 Å². The Kier molecular flexibility index (Phi) is 6.40. The van der Waals surface area contributed by atoms with Crippen LogP contribution in [0.2, 0.25) is 10.0 Å². The van der Waals surface area contributed by atoms with Crippen molar-refractivity contribution in [2.45, 2.75) is 26.7 Å². The van der Waals surface area contributed by atoms with Gasteiger partial charge in [-0.25, -0.2) is 4.98 Å². The van der Waals surface area contributed by atoms with E-state index in [1.807, 2.05) is 0 Å². The fraction of sp³-hybridized carbons (Fsp3) is 0.667. The summed E-state index contributed by atoms with van der Waals surface area (Å²) in [6.45, 7) is 10.4. The minimum Gasteiger partial charge on any atom is -0.369 e. The predicted octanol–water partition coefficient (Wildman–Crippen LogP) is 3.74. The lowest BCUT2D eigenvalue weighted by atomic mass is 10.3. The van der Waals surface area contributed by atoms with Crippen molar-refractivity contribution in [2.24, 2.45) is 0 Å². The summed E-state index contributed by atoms with van der Waals surface area (Å²) in [5.41, 5.74) is 0. The summed E-state index contributed by atoms with van der Waals surface area (Å²) in [6, 6.07) is 1.79. The number of hydrogen-bond donors (Lipinski definition) is 1. The second kappa shape index (κ2) is 8.06. The molecule has 1 fully saturated rings. The minimum atomic E-state index is 0.585. The van der Waals surface area contributed by atoms with Crippen LogP contribution in [0.15, 0.2) is 6.07 Å². The molecule has 6 heteroatoms. The molecule has 0 radical (unpaired) electrons. The molecule has 1 N–H and O–H groups in total. The van der Waals surface area contributed by atoms with Crippen molar-refractivity contribution in [3.05, 3.63) is 16.1 Å². The molecule has 0 bridgehead atoms. The summed E-state index contributed by atoms with van der Waals surface area (Å²) in [6.07, 6.45) is 2.23. The van der Waals surface area contributed by atoms with Crippen LogP contribution in [0.5, 0.6) is 0 Å². The molecule has 1 aromatic rings. The number of nitrogens with zero attached hydrogens (tertiary/aromatic N) is 3. The van der Waals surface area contributed by atoms with Crippen molar-refractivity contribution in [1.82, 2.24) is 9.88 Å². The molecule has 1 aliphatic heterocycles. The summed E-state index contributed by atoms with van der Waals surface area (Å²) in [4.78, 5) is 9.37. The molecule has 2 heterocycles. The Morgan fingerprint density at radius 1 is 1.10 bits per heavy atom. The van der Waals surface area contributed by atoms with Gasteiger partial charge in [0.1, 0.15) is 11.6 Å². The van der Waals surface area contributed by atoms with Crippen LogP contribution in [-0.2, 0) is 0 Å². The molecule has 0 aliphatic carbocycles. The number of anilines is 2. The molecule has 0 unspecified atom stereocenters. The Balaban J connectivity index is 2.09. The van der Waals surface area contributed by atoms with E-state index in [-0.39, 0.29) is 0 Å². The van der Waals surface area contributed by atoms with Crippen LogP contribution in [0.25, 0.3) is 0 Å². The first-order valence-corrected chi connectivity index (χ1v) is 8.48. The van der Waals surface area contributed by atoms with E-state index in [9.17, 15) is 0 Å². The van der Waals surface area contributed by atoms with E-state index in [1.54, 1.807) is 6.07 Å². The van der Waals surface area contributed by atoms with Gasteiger partial charge in [-0.1, -0.05) is 37.0 Å². The Labute approximate surface area is 137 Å². The van der Waals surface area contributed by atoms with Gasteiger partial charge in [0, 0.05) is 32.7 Å². The summed E-state index contributed by atoms with van der Waals surface area (Å²) >= 11 is 12.5. The minimum absolute atomic E-state index is 0.585. The molecular weight excluding hydrogens is 307 g/mol. The van der Waals surface area contributed by atoms with Gasteiger partial charge in [0.2, 0.25) is 0 Å². The molecule has 0 amide bonds. The zero-order valence-corrected chi connectivity index (χ0v) is 14.3. The normalized spacial score (nSPS) is 16.3. The van der Waals surface area contributed by atoms with E-state index < -0.39 is 0 Å². The highest BCUT2D eigenvalue weighted by Crippen LogP contribution is 2.32. The van der Waals surface area contributed by atoms with Crippen LogP contribution in [0.4, 0.5) is 11.6 Å². The maximum atomic E-state index is 6.34. The lowest BCUT2D eigenvalue weighted by Gasteiger charge is -2.35. The lowest BCUT2D eigenvalue weighted by Crippen LogP contribution is -2.47. The van der Waals surface area contributed by atoms with Gasteiger partial charge in [-0.05, 0) is 25.5 Å². The molecule has 1 saturated heterocycles. The SMILES string of the molecule is CCCNc1nc(N2CCN(CCC)CC2)c(Cl)cc1Cl. The number of halogens is 2. The fourth-order valence-corrected chi connectivity index (χ4v) is 3.09. The highest BCUT2D eigenvalue weighted by molar-refractivity contribution is 6.37. The Bertz CT molecular complexity index is 459. The maximum Gasteiger partial charge on any atom is 0.150 e. The average Bonchev–Trinajstić information content (AvgIpc) is 2.48. The summed E-state index contributed by atoms with van der Waals surface area (Å²) in [5.74, 6) is 1.57. The summed E-state index contributed by atoms with van der Waals surface area (Å²) in [5, 5.41) is 4.48. The predicted molar refractivity (Wildman–Crippen MR) is 92.0 cm³/mol. The first kappa shape index (κ1) is 16.7. The zero-order chi connectivity index (χ0) is 15.2. The van der Waals surface area contributed by atoms with E-state index >= 15 is 0 Å². The molecule has 0 saturated carbocycles. The smallest absolute Gasteiger partial charge is 0.150 e. The molecule has 0 atom stereocenters. The molecule has 0 spiro atoms. The summed E-state index contributed by atoms with van der Waals surface area (Å²) < 4.78 is 0. The first-order valence-electron chi connectivity index (χ1n) is 7.73. The fourth-order valence-electron chi connectivity index (χ4n) is 2.55. The van der Waals surface area contributed by atoms with Gasteiger partial charge in [-0.15, -0.1) is 0 Å². The van der Waals surface area contributed by atoms with Crippen LogP contribution in [0.3, 0.4) is 0 Å². The molecule has 2 rings (SSSR count). The van der Waals surface area contributed by atoms with Gasteiger partial charge in [-0.3, -0.25) is 4.90 Å². The average molecular weight is 331 g/mol. The maximum absolute atomic E-state index is 6.34. The lowest BCUT2D eigenvalue weighted by molar-refractivity contribution is 0.258. The van der Waals surface area contributed by atoms with Gasteiger partial charge in [-0.2, -0.15) is 0 Å². The second-order valence-corrected chi connectivity index (χ2v) is 6.19. The molecule has 1 aliphatic rings. The zero-order valence-electron chi connectivity index (χ0n) is 12.8. The van der Waals surface area contributed by atoms with Crippen molar-refractivity contribution >= 4 is 34.8 Å². The molecule has 118 valence electrons. The largest absolute Gasteiger partial charge is 0.369 e. The Morgan fingerprint density at radius 2 is 1.81 bits per heavy atom. The Morgan fingerprint density at radius 3 is 2.43 bits per heavy atom. The highest BCUT2D eigenvalue weighted by Gasteiger charge is 2.20. The highest BCUT2D eigenvalue weighted by atomic mass is 35.5. The second-order valence-electron chi connectivity index (χ2n) is 5.38. The quantitative estimate of drug-likeness (QED) is 0.860. The van der Waals surface area contributed by atoms with Crippen LogP contribution < -0.4 is 10.2 Å². The third kappa shape index (κ3) is 4.38. The van der Waals surface area contributed by atoms with Gasteiger partial charge in [0.05, 0.1) is 10.0 Å². The van der Waals surface area contributed by atoms with Crippen molar-refractivity contribution in [3.8, 4) is 0 Å². The van der Waals surface area contributed by atoms with Gasteiger partial charge >= 0.3 is 0 Å². The number of nitrogens with one attached hydrogen (secondary N) is 1. The first-order chi connectivity index (χ1) is 10.2. The standard InChI is InChI=1S/C15H24Cl2N4/c1-3-5-18-14-12(16)11-13(17)15(19-14)21-9-7-20(6-4-2)8-10-21/h11H,3-10H2,1-2H3,(H,18,19). The van der Waals surface area contributed by atoms with E-state index in [4.69, 9.17) is 23.2 Å². The number of rotatable bonds is 6. The van der Waals surface area contributed by atoms with Crippen LogP contribution >= 0.6 is 23.2 Å². The van der Waals surface area contributed by atoms with Crippen LogP contribution in [-0.4, -0.2) is 49.2 Å². The molecule has 0 aromatic carbocycles. The molecule has 21 heavy (non-hydrogen) atoms. The van der Waals surface area contributed by atoms with Crippen molar-refractivity contribution in [3.63, 3.8) is 0 Å². The van der Waals surface area contributed by atoms with Crippen LogP contribution in [0.1, 0.15) is 26.7 Å². The van der Waals surface area contributed by atoms with Gasteiger partial charge in [0.25, 0.3) is 0 Å². The molecular formula is C15H24Cl2N4. The van der Waals surface area contributed by atoms with E-state index in [2.05, 4.69) is 33.9 Å². The summed E-state index contributed by atoms with van der Waals surface area (Å²) in [7, 11) is 0. The topological polar surface area (TPSA) is 31.4 Å². The number of piperazine rings is 1. The van der Waals surface area contributed by atoms with Crippen molar-refractivity contribution in [1.29, 1.82) is 0 Å². The van der Waals surface area contributed by atoms with Crippen molar-refractivity contribution < 1.29 is 0 Å². The Hall–Kier alpha value is -0.710. The van der Waals surface area contributed by atoms with Crippen LogP contribution in [0, 0.1) is 0 Å². The van der Waals surface area contributed by atoms with Gasteiger partial charge in [0.15, 0.2) is 0 Å². The van der Waals surface area contributed by atoms with E-state index in [0.29, 0.717) is 10.0 Å². The monoisotopic (exact) mass is 330 g/mol. The molecule has 1 aromatic heterocycles. The number of hydrogen-bond acceptors (Lipinski definition) is 4.